The van der Waals surface area contributed by atoms with Crippen LogP contribution in [0.25, 0.3) is 0 Å². The molecular formula is C25H23N3O4. The van der Waals surface area contributed by atoms with Crippen molar-refractivity contribution in [1.82, 2.24) is 4.90 Å². The van der Waals surface area contributed by atoms with Gasteiger partial charge >= 0.3 is 0 Å². The van der Waals surface area contributed by atoms with Crippen LogP contribution >= 0.6 is 0 Å². The van der Waals surface area contributed by atoms with Gasteiger partial charge in [0, 0.05) is 41.9 Å². The van der Waals surface area contributed by atoms with Gasteiger partial charge in [-0.2, -0.15) is 0 Å². The van der Waals surface area contributed by atoms with Crippen LogP contribution in [0.3, 0.4) is 0 Å². The number of piperidine rings is 1. The number of ketones is 1. The third-order valence-electron chi connectivity index (χ3n) is 5.71. The van der Waals surface area contributed by atoms with E-state index in [0.717, 1.165) is 5.69 Å². The van der Waals surface area contributed by atoms with E-state index in [1.807, 2.05) is 60.7 Å². The highest BCUT2D eigenvalue weighted by molar-refractivity contribution is 5.99. The van der Waals surface area contributed by atoms with Crippen LogP contribution in [0.1, 0.15) is 33.6 Å². The fourth-order valence-corrected chi connectivity index (χ4v) is 3.96. The van der Waals surface area contributed by atoms with Gasteiger partial charge in [0.15, 0.2) is 5.78 Å². The number of hydrogen-bond acceptors (Lipinski definition) is 5. The molecule has 0 aliphatic carbocycles. The van der Waals surface area contributed by atoms with Gasteiger partial charge in [-0.1, -0.05) is 48.5 Å². The lowest BCUT2D eigenvalue weighted by molar-refractivity contribution is -0.383. The fourth-order valence-electron chi connectivity index (χ4n) is 3.96. The molecule has 0 saturated carbocycles. The maximum Gasteiger partial charge on any atom is 0.293 e. The Kier molecular flexibility index (Phi) is 6.26. The zero-order valence-corrected chi connectivity index (χ0v) is 17.4. The maximum atomic E-state index is 13.0. The number of rotatable bonds is 6. The van der Waals surface area contributed by atoms with Crippen LogP contribution in [0.15, 0.2) is 78.9 Å². The standard InChI is InChI=1S/C25H23N3O4/c29-24(18-7-3-1-4-8-18)19-13-15-27(16-14-19)25(30)20-11-12-22(23(17-20)28(31)32)26-21-9-5-2-6-10-21/h1-12,17,19,26H,13-16H2. The van der Waals surface area contributed by atoms with Crippen LogP contribution in [-0.4, -0.2) is 34.6 Å². The molecular weight excluding hydrogens is 406 g/mol. The topological polar surface area (TPSA) is 92.6 Å². The molecule has 1 heterocycles. The van der Waals surface area contributed by atoms with Crippen molar-refractivity contribution in [2.45, 2.75) is 12.8 Å². The van der Waals surface area contributed by atoms with Gasteiger partial charge in [-0.25, -0.2) is 0 Å². The van der Waals surface area contributed by atoms with E-state index in [0.29, 0.717) is 37.2 Å². The molecule has 0 unspecified atom stereocenters. The SMILES string of the molecule is O=C(c1ccccc1)C1CCN(C(=O)c2ccc(Nc3ccccc3)c([N+](=O)[O-])c2)CC1. The molecule has 3 aromatic carbocycles. The molecule has 32 heavy (non-hydrogen) atoms. The molecule has 1 aliphatic heterocycles. The minimum Gasteiger partial charge on any atom is -0.350 e. The normalized spacial score (nSPS) is 14.1. The number of para-hydroxylation sites is 1. The Morgan fingerprint density at radius 1 is 0.875 bits per heavy atom. The molecule has 7 nitrogen and oxygen atoms in total. The third kappa shape index (κ3) is 4.67. The van der Waals surface area contributed by atoms with Gasteiger partial charge in [-0.05, 0) is 37.1 Å². The largest absolute Gasteiger partial charge is 0.350 e. The molecule has 1 aliphatic rings. The molecule has 0 spiro atoms. The average molecular weight is 429 g/mol. The quantitative estimate of drug-likeness (QED) is 0.335. The predicted molar refractivity (Wildman–Crippen MR) is 122 cm³/mol. The highest BCUT2D eigenvalue weighted by Gasteiger charge is 2.29. The molecule has 162 valence electrons. The van der Waals surface area contributed by atoms with E-state index in [9.17, 15) is 19.7 Å². The van der Waals surface area contributed by atoms with Gasteiger partial charge in [0.05, 0.1) is 4.92 Å². The second-order valence-electron chi connectivity index (χ2n) is 7.78. The number of hydrogen-bond donors (Lipinski definition) is 1. The van der Waals surface area contributed by atoms with E-state index >= 15 is 0 Å². The van der Waals surface area contributed by atoms with Crippen molar-refractivity contribution in [3.05, 3.63) is 100 Å². The van der Waals surface area contributed by atoms with Gasteiger partial charge in [-0.15, -0.1) is 0 Å². The fraction of sp³-hybridized carbons (Fsp3) is 0.200. The van der Waals surface area contributed by atoms with Crippen molar-refractivity contribution in [2.24, 2.45) is 5.92 Å². The molecule has 0 bridgehead atoms. The lowest BCUT2D eigenvalue weighted by atomic mass is 9.88. The average Bonchev–Trinajstić information content (AvgIpc) is 2.84. The molecule has 4 rings (SSSR count). The molecule has 0 radical (unpaired) electrons. The Bertz CT molecular complexity index is 1120. The molecule has 0 aromatic heterocycles. The first-order chi connectivity index (χ1) is 15.5. The molecule has 1 amide bonds. The molecule has 1 N–H and O–H groups in total. The van der Waals surface area contributed by atoms with Crippen molar-refractivity contribution in [2.75, 3.05) is 18.4 Å². The van der Waals surface area contributed by atoms with Crippen molar-refractivity contribution in [1.29, 1.82) is 0 Å². The molecule has 7 heteroatoms. The second-order valence-corrected chi connectivity index (χ2v) is 7.78. The minimum absolute atomic E-state index is 0.102. The number of likely N-dealkylation sites (tertiary alicyclic amines) is 1. The van der Waals surface area contributed by atoms with Crippen molar-refractivity contribution >= 4 is 28.8 Å². The number of carbonyl (C=O) groups excluding carboxylic acids is 2. The van der Waals surface area contributed by atoms with E-state index in [-0.39, 0.29) is 28.9 Å². The second kappa shape index (κ2) is 9.43. The van der Waals surface area contributed by atoms with Gasteiger partial charge in [0.1, 0.15) is 5.69 Å². The van der Waals surface area contributed by atoms with Gasteiger partial charge in [-0.3, -0.25) is 19.7 Å². The highest BCUT2D eigenvalue weighted by Crippen LogP contribution is 2.30. The summed E-state index contributed by atoms with van der Waals surface area (Å²) in [6.07, 6.45) is 1.16. The Morgan fingerprint density at radius 2 is 1.50 bits per heavy atom. The van der Waals surface area contributed by atoms with E-state index in [1.165, 1.54) is 6.07 Å². The highest BCUT2D eigenvalue weighted by atomic mass is 16.6. The summed E-state index contributed by atoms with van der Waals surface area (Å²) in [5.41, 5.74) is 1.84. The Balaban J connectivity index is 1.45. The number of amides is 1. The molecule has 0 atom stereocenters. The predicted octanol–water partition coefficient (Wildman–Crippen LogP) is 5.07. The Morgan fingerprint density at radius 3 is 2.12 bits per heavy atom. The Hall–Kier alpha value is -4.00. The summed E-state index contributed by atoms with van der Waals surface area (Å²) in [6.45, 7) is 0.889. The molecule has 3 aromatic rings. The summed E-state index contributed by atoms with van der Waals surface area (Å²) in [7, 11) is 0. The lowest BCUT2D eigenvalue weighted by Crippen LogP contribution is -2.40. The molecule has 1 fully saturated rings. The van der Waals surface area contributed by atoms with Crippen LogP contribution in [0.2, 0.25) is 0 Å². The summed E-state index contributed by atoms with van der Waals surface area (Å²) in [5, 5.41) is 14.6. The minimum atomic E-state index is -0.493. The maximum absolute atomic E-state index is 13.0. The van der Waals surface area contributed by atoms with Crippen molar-refractivity contribution in [3.63, 3.8) is 0 Å². The first-order valence-electron chi connectivity index (χ1n) is 10.5. The number of benzene rings is 3. The summed E-state index contributed by atoms with van der Waals surface area (Å²) in [5.74, 6) is -0.275. The summed E-state index contributed by atoms with van der Waals surface area (Å²) in [6, 6.07) is 22.8. The van der Waals surface area contributed by atoms with Crippen LogP contribution in [0.5, 0.6) is 0 Å². The number of Topliss-reactive ketones (excluding diaryl/α,β-unsaturated/α-hetero) is 1. The van der Waals surface area contributed by atoms with Crippen LogP contribution in [0.4, 0.5) is 17.1 Å². The summed E-state index contributed by atoms with van der Waals surface area (Å²) >= 11 is 0. The number of nitro benzene ring substituents is 1. The van der Waals surface area contributed by atoms with Crippen LogP contribution in [-0.2, 0) is 0 Å². The smallest absolute Gasteiger partial charge is 0.293 e. The van der Waals surface area contributed by atoms with Crippen molar-refractivity contribution < 1.29 is 14.5 Å². The zero-order chi connectivity index (χ0) is 22.5. The number of carbonyl (C=O) groups is 2. The van der Waals surface area contributed by atoms with E-state index in [1.54, 1.807) is 17.0 Å². The van der Waals surface area contributed by atoms with Gasteiger partial charge < -0.3 is 10.2 Å². The number of nitrogens with zero attached hydrogens (tertiary/aromatic N) is 2. The molecule has 1 saturated heterocycles. The van der Waals surface area contributed by atoms with Crippen molar-refractivity contribution in [3.8, 4) is 0 Å². The van der Waals surface area contributed by atoms with E-state index in [2.05, 4.69) is 5.32 Å². The number of nitrogens with one attached hydrogen (secondary N) is 1. The first kappa shape index (κ1) is 21.2. The van der Waals surface area contributed by atoms with Gasteiger partial charge in [0.25, 0.3) is 11.6 Å². The monoisotopic (exact) mass is 429 g/mol. The Labute approximate surface area is 185 Å². The summed E-state index contributed by atoms with van der Waals surface area (Å²) < 4.78 is 0. The van der Waals surface area contributed by atoms with Gasteiger partial charge in [0.2, 0.25) is 0 Å². The zero-order valence-electron chi connectivity index (χ0n) is 17.4. The van der Waals surface area contributed by atoms with Crippen LogP contribution < -0.4 is 5.32 Å². The lowest BCUT2D eigenvalue weighted by Gasteiger charge is -2.31. The van der Waals surface area contributed by atoms with E-state index < -0.39 is 4.92 Å². The number of anilines is 2. The van der Waals surface area contributed by atoms with E-state index in [4.69, 9.17) is 0 Å². The third-order valence-corrected chi connectivity index (χ3v) is 5.71. The van der Waals surface area contributed by atoms with Crippen LogP contribution in [0, 0.1) is 16.0 Å². The number of nitro groups is 1. The first-order valence-corrected chi connectivity index (χ1v) is 10.5. The summed E-state index contributed by atoms with van der Waals surface area (Å²) in [4.78, 5) is 38.4.